The van der Waals surface area contributed by atoms with E-state index < -0.39 is 0 Å². The maximum atomic E-state index is 11.5. The molecule has 1 aliphatic rings. The van der Waals surface area contributed by atoms with Crippen molar-refractivity contribution in [2.75, 3.05) is 66.4 Å². The molecule has 9 heteroatoms. The standard InChI is InChI=1S/C15H24N2O7/c1-21-6-7-22-8-9-23-10-11-24-12-13(18)16-4-5-17-14(19)2-3-15(17)20/h2-3H,4-12H2,1H3,(H,16,18). The van der Waals surface area contributed by atoms with Crippen molar-refractivity contribution in [3.05, 3.63) is 12.2 Å². The molecule has 0 aromatic carbocycles. The van der Waals surface area contributed by atoms with Crippen LogP contribution in [-0.4, -0.2) is 89.1 Å². The topological polar surface area (TPSA) is 103 Å². The molecule has 3 amide bonds. The Morgan fingerprint density at radius 1 is 0.958 bits per heavy atom. The molecule has 0 spiro atoms. The molecule has 0 saturated carbocycles. The third-order valence-corrected chi connectivity index (χ3v) is 2.97. The number of amides is 3. The zero-order valence-corrected chi connectivity index (χ0v) is 13.8. The lowest BCUT2D eigenvalue weighted by Crippen LogP contribution is -2.39. The summed E-state index contributed by atoms with van der Waals surface area (Å²) < 4.78 is 20.4. The number of hydrogen-bond donors (Lipinski definition) is 1. The second kappa shape index (κ2) is 12.6. The van der Waals surface area contributed by atoms with E-state index in [-0.39, 0.29) is 37.4 Å². The molecule has 0 radical (unpaired) electrons. The SMILES string of the molecule is COCCOCCOCCOCC(=O)NCCN1C(=O)C=CC1=O. The van der Waals surface area contributed by atoms with Gasteiger partial charge in [-0.2, -0.15) is 0 Å². The number of nitrogens with zero attached hydrogens (tertiary/aromatic N) is 1. The van der Waals surface area contributed by atoms with Crippen LogP contribution in [0.2, 0.25) is 0 Å². The maximum Gasteiger partial charge on any atom is 0.253 e. The van der Waals surface area contributed by atoms with Crippen molar-refractivity contribution in [2.24, 2.45) is 0 Å². The Morgan fingerprint density at radius 2 is 1.50 bits per heavy atom. The first-order valence-electron chi connectivity index (χ1n) is 7.67. The Labute approximate surface area is 140 Å². The smallest absolute Gasteiger partial charge is 0.253 e. The van der Waals surface area contributed by atoms with Gasteiger partial charge in [-0.05, 0) is 0 Å². The Hall–Kier alpha value is -1.81. The fourth-order valence-electron chi connectivity index (χ4n) is 1.76. The normalized spacial score (nSPS) is 13.8. The lowest BCUT2D eigenvalue weighted by molar-refractivity contribution is -0.137. The lowest BCUT2D eigenvalue weighted by Gasteiger charge is -2.14. The van der Waals surface area contributed by atoms with Crippen LogP contribution in [0, 0.1) is 0 Å². The molecule has 0 aromatic heterocycles. The summed E-state index contributed by atoms with van der Waals surface area (Å²) in [5.41, 5.74) is 0. The van der Waals surface area contributed by atoms with Crippen LogP contribution in [0.5, 0.6) is 0 Å². The van der Waals surface area contributed by atoms with E-state index in [0.717, 1.165) is 4.90 Å². The number of carbonyl (C=O) groups excluding carboxylic acids is 3. The van der Waals surface area contributed by atoms with Gasteiger partial charge in [-0.25, -0.2) is 0 Å². The van der Waals surface area contributed by atoms with Crippen molar-refractivity contribution < 1.29 is 33.3 Å². The zero-order valence-electron chi connectivity index (χ0n) is 13.8. The first kappa shape index (κ1) is 20.2. The predicted molar refractivity (Wildman–Crippen MR) is 83.2 cm³/mol. The molecule has 9 nitrogen and oxygen atoms in total. The number of imide groups is 1. The van der Waals surface area contributed by atoms with Crippen molar-refractivity contribution >= 4 is 17.7 Å². The minimum absolute atomic E-state index is 0.103. The molecule has 0 aliphatic carbocycles. The van der Waals surface area contributed by atoms with Crippen LogP contribution in [0.1, 0.15) is 0 Å². The Kier molecular flexibility index (Phi) is 10.6. The summed E-state index contributed by atoms with van der Waals surface area (Å²) in [5.74, 6) is -1.05. The quantitative estimate of drug-likeness (QED) is 0.309. The molecule has 1 aliphatic heterocycles. The van der Waals surface area contributed by atoms with Crippen LogP contribution >= 0.6 is 0 Å². The van der Waals surface area contributed by atoms with E-state index in [0.29, 0.717) is 39.6 Å². The Morgan fingerprint density at radius 3 is 2.08 bits per heavy atom. The highest BCUT2D eigenvalue weighted by Gasteiger charge is 2.22. The molecule has 1 N–H and O–H groups in total. The molecule has 0 aromatic rings. The van der Waals surface area contributed by atoms with Crippen LogP contribution in [-0.2, 0) is 33.3 Å². The third kappa shape index (κ3) is 8.73. The van der Waals surface area contributed by atoms with E-state index in [4.69, 9.17) is 18.9 Å². The van der Waals surface area contributed by atoms with Gasteiger partial charge in [0, 0.05) is 32.4 Å². The summed E-state index contributed by atoms with van der Waals surface area (Å²) >= 11 is 0. The summed E-state index contributed by atoms with van der Waals surface area (Å²) in [6.07, 6.45) is 2.41. The molecule has 136 valence electrons. The first-order valence-corrected chi connectivity index (χ1v) is 7.67. The van der Waals surface area contributed by atoms with Crippen molar-refractivity contribution in [1.29, 1.82) is 0 Å². The predicted octanol–water partition coefficient (Wildman–Crippen LogP) is -1.28. The van der Waals surface area contributed by atoms with Gasteiger partial charge in [0.05, 0.1) is 39.6 Å². The van der Waals surface area contributed by atoms with Crippen LogP contribution in [0.25, 0.3) is 0 Å². The average Bonchev–Trinajstić information content (AvgIpc) is 2.88. The van der Waals surface area contributed by atoms with Crippen LogP contribution in [0.4, 0.5) is 0 Å². The number of carbonyl (C=O) groups is 3. The minimum atomic E-state index is -0.367. The van der Waals surface area contributed by atoms with Crippen LogP contribution in [0.15, 0.2) is 12.2 Å². The maximum absolute atomic E-state index is 11.5. The van der Waals surface area contributed by atoms with Gasteiger partial charge in [-0.3, -0.25) is 19.3 Å². The molecule has 0 bridgehead atoms. The molecule has 0 atom stereocenters. The van der Waals surface area contributed by atoms with Crippen molar-refractivity contribution in [1.82, 2.24) is 10.2 Å². The number of ether oxygens (including phenoxy) is 4. The molecule has 0 fully saturated rings. The molecule has 0 unspecified atom stereocenters. The Balaban J connectivity index is 1.88. The number of rotatable bonds is 14. The number of methoxy groups -OCH3 is 1. The summed E-state index contributed by atoms with van der Waals surface area (Å²) in [7, 11) is 1.61. The number of hydrogen-bond acceptors (Lipinski definition) is 7. The van der Waals surface area contributed by atoms with Gasteiger partial charge < -0.3 is 24.3 Å². The summed E-state index contributed by atoms with van der Waals surface area (Å²) in [6.45, 7) is 2.89. The fraction of sp³-hybridized carbons (Fsp3) is 0.667. The third-order valence-electron chi connectivity index (χ3n) is 2.97. The average molecular weight is 344 g/mol. The number of nitrogens with one attached hydrogen (secondary N) is 1. The zero-order chi connectivity index (χ0) is 17.6. The molecular formula is C15H24N2O7. The van der Waals surface area contributed by atoms with E-state index in [2.05, 4.69) is 5.32 Å². The summed E-state index contributed by atoms with van der Waals surface area (Å²) in [4.78, 5) is 35.1. The second-order valence-electron chi connectivity index (χ2n) is 4.78. The monoisotopic (exact) mass is 344 g/mol. The summed E-state index contributed by atoms with van der Waals surface area (Å²) in [6, 6.07) is 0. The summed E-state index contributed by atoms with van der Waals surface area (Å²) in [5, 5.41) is 2.57. The van der Waals surface area contributed by atoms with Crippen molar-refractivity contribution in [3.8, 4) is 0 Å². The highest BCUT2D eigenvalue weighted by Crippen LogP contribution is 2.01. The molecule has 0 saturated heterocycles. The van der Waals surface area contributed by atoms with Gasteiger partial charge >= 0.3 is 0 Å². The highest BCUT2D eigenvalue weighted by molar-refractivity contribution is 6.12. The van der Waals surface area contributed by atoms with Crippen molar-refractivity contribution in [2.45, 2.75) is 0 Å². The molecule has 1 heterocycles. The Bertz CT molecular complexity index is 422. The van der Waals surface area contributed by atoms with Crippen LogP contribution in [0.3, 0.4) is 0 Å². The second-order valence-corrected chi connectivity index (χ2v) is 4.78. The lowest BCUT2D eigenvalue weighted by atomic mass is 10.5. The van der Waals surface area contributed by atoms with Gasteiger partial charge in [-0.15, -0.1) is 0 Å². The van der Waals surface area contributed by atoms with E-state index >= 15 is 0 Å². The fourth-order valence-corrected chi connectivity index (χ4v) is 1.76. The molecule has 1 rings (SSSR count). The van der Waals surface area contributed by atoms with E-state index in [1.807, 2.05) is 0 Å². The van der Waals surface area contributed by atoms with Crippen LogP contribution < -0.4 is 5.32 Å². The largest absolute Gasteiger partial charge is 0.382 e. The van der Waals surface area contributed by atoms with E-state index in [9.17, 15) is 14.4 Å². The van der Waals surface area contributed by atoms with Gasteiger partial charge in [0.15, 0.2) is 0 Å². The molecule has 24 heavy (non-hydrogen) atoms. The highest BCUT2D eigenvalue weighted by atomic mass is 16.6. The minimum Gasteiger partial charge on any atom is -0.382 e. The van der Waals surface area contributed by atoms with Gasteiger partial charge in [-0.1, -0.05) is 0 Å². The van der Waals surface area contributed by atoms with Gasteiger partial charge in [0.1, 0.15) is 6.61 Å². The molecular weight excluding hydrogens is 320 g/mol. The first-order chi connectivity index (χ1) is 11.6. The van der Waals surface area contributed by atoms with Gasteiger partial charge in [0.2, 0.25) is 5.91 Å². The van der Waals surface area contributed by atoms with E-state index in [1.54, 1.807) is 7.11 Å². The van der Waals surface area contributed by atoms with E-state index in [1.165, 1.54) is 12.2 Å². The van der Waals surface area contributed by atoms with Gasteiger partial charge in [0.25, 0.3) is 11.8 Å². The van der Waals surface area contributed by atoms with Crippen molar-refractivity contribution in [3.63, 3.8) is 0 Å².